The molecule has 0 fully saturated rings. The van der Waals surface area contributed by atoms with Gasteiger partial charge in [-0.15, -0.1) is 11.3 Å². The molecule has 2 aromatic heterocycles. The van der Waals surface area contributed by atoms with Crippen molar-refractivity contribution in [3.8, 4) is 0 Å². The lowest BCUT2D eigenvalue weighted by molar-refractivity contribution is 0.684. The van der Waals surface area contributed by atoms with Gasteiger partial charge < -0.3 is 10.6 Å². The van der Waals surface area contributed by atoms with Crippen LogP contribution in [0.5, 0.6) is 0 Å². The number of nitrogens with zero attached hydrogens (tertiary/aromatic N) is 4. The van der Waals surface area contributed by atoms with Crippen LogP contribution in [0.1, 0.15) is 30.2 Å². The van der Waals surface area contributed by atoms with Crippen molar-refractivity contribution in [2.24, 2.45) is 12.0 Å². The van der Waals surface area contributed by atoms with E-state index in [-0.39, 0.29) is 0 Å². The maximum Gasteiger partial charge on any atom is 0.191 e. The molecule has 0 unspecified atom stereocenters. The molecule has 7 heteroatoms. The second kappa shape index (κ2) is 7.78. The van der Waals surface area contributed by atoms with Crippen LogP contribution in [-0.2, 0) is 26.6 Å². The van der Waals surface area contributed by atoms with E-state index in [4.69, 9.17) is 0 Å². The van der Waals surface area contributed by atoms with Crippen LogP contribution in [0.3, 0.4) is 0 Å². The second-order valence-corrected chi connectivity index (χ2v) is 5.52. The first kappa shape index (κ1) is 15.5. The molecule has 2 rings (SSSR count). The van der Waals surface area contributed by atoms with E-state index >= 15 is 0 Å². The van der Waals surface area contributed by atoms with E-state index in [1.807, 2.05) is 17.8 Å². The molecule has 0 bridgehead atoms. The molecule has 21 heavy (non-hydrogen) atoms. The molecule has 2 heterocycles. The number of aliphatic imine (C=N–C) groups is 1. The zero-order valence-electron chi connectivity index (χ0n) is 12.8. The van der Waals surface area contributed by atoms with Gasteiger partial charge >= 0.3 is 0 Å². The molecule has 0 amide bonds. The molecule has 2 N–H and O–H groups in total. The van der Waals surface area contributed by atoms with Crippen molar-refractivity contribution < 1.29 is 0 Å². The van der Waals surface area contributed by atoms with Gasteiger partial charge in [-0.2, -0.15) is 5.10 Å². The molecule has 0 atom stereocenters. The fourth-order valence-electron chi connectivity index (χ4n) is 1.83. The Kier molecular flexibility index (Phi) is 5.74. The third kappa shape index (κ3) is 4.56. The minimum atomic E-state index is 0.594. The average molecular weight is 306 g/mol. The van der Waals surface area contributed by atoms with Gasteiger partial charge in [-0.3, -0.25) is 4.68 Å². The highest BCUT2D eigenvalue weighted by molar-refractivity contribution is 7.09. The fraction of sp³-hybridized carbons (Fsp3) is 0.500. The van der Waals surface area contributed by atoms with Crippen LogP contribution in [0.4, 0.5) is 0 Å². The maximum atomic E-state index is 4.57. The molecule has 0 aliphatic carbocycles. The van der Waals surface area contributed by atoms with E-state index < -0.39 is 0 Å². The Morgan fingerprint density at radius 3 is 2.86 bits per heavy atom. The standard InChI is InChI=1S/C14H22N6S/c1-4-13-19-11(10-21-13)8-16-14(15-5-2)17-9-12-6-7-18-20(12)3/h6-7,10H,4-5,8-9H2,1-3H3,(H2,15,16,17). The van der Waals surface area contributed by atoms with E-state index in [0.717, 1.165) is 35.3 Å². The van der Waals surface area contributed by atoms with E-state index in [2.05, 4.69) is 44.9 Å². The summed E-state index contributed by atoms with van der Waals surface area (Å²) in [6.45, 7) is 6.29. The van der Waals surface area contributed by atoms with Gasteiger partial charge in [-0.25, -0.2) is 9.98 Å². The van der Waals surface area contributed by atoms with Gasteiger partial charge in [0.1, 0.15) is 0 Å². The second-order valence-electron chi connectivity index (χ2n) is 4.58. The zero-order valence-corrected chi connectivity index (χ0v) is 13.6. The summed E-state index contributed by atoms with van der Waals surface area (Å²) in [6.07, 6.45) is 2.77. The van der Waals surface area contributed by atoms with Crippen LogP contribution in [-0.4, -0.2) is 27.3 Å². The molecule has 0 radical (unpaired) electrons. The number of rotatable bonds is 6. The van der Waals surface area contributed by atoms with E-state index in [1.54, 1.807) is 17.5 Å². The van der Waals surface area contributed by atoms with Crippen molar-refractivity contribution in [2.45, 2.75) is 33.4 Å². The molecule has 0 aliphatic heterocycles. The molecule has 0 saturated heterocycles. The first-order valence-electron chi connectivity index (χ1n) is 7.15. The normalized spacial score (nSPS) is 11.7. The summed E-state index contributed by atoms with van der Waals surface area (Å²) >= 11 is 1.70. The minimum Gasteiger partial charge on any atom is -0.357 e. The smallest absolute Gasteiger partial charge is 0.191 e. The van der Waals surface area contributed by atoms with E-state index in [0.29, 0.717) is 13.1 Å². The highest BCUT2D eigenvalue weighted by Crippen LogP contribution is 2.10. The topological polar surface area (TPSA) is 67.1 Å². The van der Waals surface area contributed by atoms with Crippen molar-refractivity contribution in [3.05, 3.63) is 34.0 Å². The van der Waals surface area contributed by atoms with Crippen LogP contribution in [0, 0.1) is 0 Å². The summed E-state index contributed by atoms with van der Waals surface area (Å²) in [5.74, 6) is 0.796. The lowest BCUT2D eigenvalue weighted by atomic mass is 10.4. The third-order valence-corrected chi connectivity index (χ3v) is 4.05. The molecule has 6 nitrogen and oxygen atoms in total. The summed E-state index contributed by atoms with van der Waals surface area (Å²) in [7, 11) is 1.93. The number of aromatic nitrogens is 3. The number of hydrogen-bond acceptors (Lipinski definition) is 4. The summed E-state index contributed by atoms with van der Waals surface area (Å²) in [5, 5.41) is 13.9. The fourth-order valence-corrected chi connectivity index (χ4v) is 2.57. The zero-order chi connectivity index (χ0) is 15.1. The largest absolute Gasteiger partial charge is 0.357 e. The van der Waals surface area contributed by atoms with Gasteiger partial charge in [-0.05, 0) is 19.4 Å². The average Bonchev–Trinajstić information content (AvgIpc) is 3.11. The minimum absolute atomic E-state index is 0.594. The Balaban J connectivity index is 1.93. The predicted molar refractivity (Wildman–Crippen MR) is 86.4 cm³/mol. The first-order chi connectivity index (χ1) is 10.2. The van der Waals surface area contributed by atoms with Crippen LogP contribution in [0.2, 0.25) is 0 Å². The molecule has 0 saturated carbocycles. The van der Waals surface area contributed by atoms with Crippen LogP contribution in [0.25, 0.3) is 0 Å². The van der Waals surface area contributed by atoms with Gasteiger partial charge in [0, 0.05) is 25.2 Å². The van der Waals surface area contributed by atoms with Crippen LogP contribution >= 0.6 is 11.3 Å². The van der Waals surface area contributed by atoms with Crippen molar-refractivity contribution in [3.63, 3.8) is 0 Å². The molecule has 2 aromatic rings. The van der Waals surface area contributed by atoms with Crippen molar-refractivity contribution in [2.75, 3.05) is 6.54 Å². The molecular weight excluding hydrogens is 284 g/mol. The molecular formula is C14H22N6S. The summed E-state index contributed by atoms with van der Waals surface area (Å²) < 4.78 is 1.85. The Hall–Kier alpha value is -1.89. The van der Waals surface area contributed by atoms with Crippen molar-refractivity contribution in [1.82, 2.24) is 25.4 Å². The van der Waals surface area contributed by atoms with E-state index in [1.165, 1.54) is 0 Å². The molecule has 0 aliphatic rings. The number of thiazole rings is 1. The molecule has 114 valence electrons. The highest BCUT2D eigenvalue weighted by Gasteiger charge is 2.03. The van der Waals surface area contributed by atoms with Crippen LogP contribution < -0.4 is 10.6 Å². The van der Waals surface area contributed by atoms with Gasteiger partial charge in [-0.1, -0.05) is 6.92 Å². The van der Waals surface area contributed by atoms with Gasteiger partial charge in [0.2, 0.25) is 0 Å². The SMILES string of the molecule is CCNC(=NCc1csc(CC)n1)NCc1ccnn1C. The number of guanidine groups is 1. The van der Waals surface area contributed by atoms with Crippen molar-refractivity contribution >= 4 is 17.3 Å². The predicted octanol–water partition coefficient (Wildman–Crippen LogP) is 1.69. The van der Waals surface area contributed by atoms with Gasteiger partial charge in [0.15, 0.2) is 5.96 Å². The Morgan fingerprint density at radius 1 is 1.38 bits per heavy atom. The van der Waals surface area contributed by atoms with Gasteiger partial charge in [0.05, 0.1) is 29.5 Å². The molecule has 0 spiro atoms. The van der Waals surface area contributed by atoms with E-state index in [9.17, 15) is 0 Å². The van der Waals surface area contributed by atoms with Gasteiger partial charge in [0.25, 0.3) is 0 Å². The maximum absolute atomic E-state index is 4.57. The van der Waals surface area contributed by atoms with Crippen molar-refractivity contribution in [1.29, 1.82) is 0 Å². The lowest BCUT2D eigenvalue weighted by Crippen LogP contribution is -2.37. The summed E-state index contributed by atoms with van der Waals surface area (Å²) in [4.78, 5) is 9.10. The lowest BCUT2D eigenvalue weighted by Gasteiger charge is -2.11. The molecule has 0 aromatic carbocycles. The first-order valence-corrected chi connectivity index (χ1v) is 8.03. The summed E-state index contributed by atoms with van der Waals surface area (Å²) in [6, 6.07) is 1.99. The third-order valence-electron chi connectivity index (χ3n) is 3.00. The number of nitrogens with one attached hydrogen (secondary N) is 2. The quantitative estimate of drug-likeness (QED) is 0.629. The van der Waals surface area contributed by atoms with Crippen LogP contribution in [0.15, 0.2) is 22.6 Å². The highest BCUT2D eigenvalue weighted by atomic mass is 32.1. The number of aryl methyl sites for hydroxylation is 2. The Labute approximate surface area is 129 Å². The Morgan fingerprint density at radius 2 is 2.24 bits per heavy atom. The monoisotopic (exact) mass is 306 g/mol. The Bertz CT molecular complexity index is 586. The number of hydrogen-bond donors (Lipinski definition) is 2. The summed E-state index contributed by atoms with van der Waals surface area (Å²) in [5.41, 5.74) is 2.14.